The molecule has 3 aromatic rings. The zero-order valence-corrected chi connectivity index (χ0v) is 17.5. The van der Waals surface area contributed by atoms with Crippen molar-refractivity contribution in [3.05, 3.63) is 71.2 Å². The van der Waals surface area contributed by atoms with Crippen molar-refractivity contribution in [3.63, 3.8) is 0 Å². The van der Waals surface area contributed by atoms with Crippen LogP contribution in [-0.4, -0.2) is 30.0 Å². The Hall–Kier alpha value is -3.93. The van der Waals surface area contributed by atoms with Crippen molar-refractivity contribution in [2.24, 2.45) is 0 Å². The summed E-state index contributed by atoms with van der Waals surface area (Å²) in [6.45, 7) is 0.0269. The highest BCUT2D eigenvalue weighted by molar-refractivity contribution is 5.94. The fraction of sp³-hybridized carbons (Fsp3) is 0.190. The number of nitrogens with one attached hydrogen (secondary N) is 3. The number of anilines is 3. The largest absolute Gasteiger partial charge is 0.497 e. The molecule has 0 radical (unpaired) electrons. The second-order valence-electron chi connectivity index (χ2n) is 6.63. The van der Waals surface area contributed by atoms with Gasteiger partial charge in [0, 0.05) is 24.4 Å². The molecule has 12 heteroatoms. The van der Waals surface area contributed by atoms with Crippen molar-refractivity contribution in [2.45, 2.75) is 12.8 Å². The summed E-state index contributed by atoms with van der Waals surface area (Å²) in [5.74, 6) is -1.73. The van der Waals surface area contributed by atoms with Crippen LogP contribution < -0.4 is 20.9 Å². The summed E-state index contributed by atoms with van der Waals surface area (Å²) in [5, 5.41) is 5.00. The highest BCUT2D eigenvalue weighted by Gasteiger charge is 2.31. The Bertz CT molecular complexity index is 1140. The summed E-state index contributed by atoms with van der Waals surface area (Å²) in [6.07, 6.45) is -3.79. The standard InChI is InChI=1S/C21H19F4N5O3/c1-26-19(31)13-5-3-4-12(6-13)11-33-30-20-27-10-17(22)18(29-20)28-15-7-14(21(23,24)25)8-16(9-15)32-2/h3-10H,11H2,1-2H3,(H,26,31)(H2,27,28,29,30). The summed E-state index contributed by atoms with van der Waals surface area (Å²) in [7, 11) is 2.73. The van der Waals surface area contributed by atoms with Crippen molar-refractivity contribution in [2.75, 3.05) is 25.0 Å². The van der Waals surface area contributed by atoms with Gasteiger partial charge in [-0.1, -0.05) is 12.1 Å². The molecule has 0 aliphatic heterocycles. The molecule has 0 atom stereocenters. The SMILES string of the molecule is CNC(=O)c1cccc(CONc2ncc(F)c(Nc3cc(OC)cc(C(F)(F)F)c3)n2)c1. The monoisotopic (exact) mass is 465 g/mol. The topological polar surface area (TPSA) is 97.4 Å². The normalized spacial score (nSPS) is 11.1. The van der Waals surface area contributed by atoms with Crippen LogP contribution in [0.3, 0.4) is 0 Å². The van der Waals surface area contributed by atoms with Crippen LogP contribution in [0.1, 0.15) is 21.5 Å². The van der Waals surface area contributed by atoms with E-state index < -0.39 is 17.6 Å². The van der Waals surface area contributed by atoms with Crippen LogP contribution in [0.15, 0.2) is 48.7 Å². The first-order valence-corrected chi connectivity index (χ1v) is 9.44. The quantitative estimate of drug-likeness (QED) is 0.337. The third-order valence-electron chi connectivity index (χ3n) is 4.29. The molecular formula is C21H19F4N5O3. The Labute approximate surface area is 185 Å². The van der Waals surface area contributed by atoms with Crippen LogP contribution in [0.5, 0.6) is 5.75 Å². The number of methoxy groups -OCH3 is 1. The van der Waals surface area contributed by atoms with E-state index in [1.807, 2.05) is 0 Å². The maximum absolute atomic E-state index is 14.2. The van der Waals surface area contributed by atoms with Crippen molar-refractivity contribution < 1.29 is 31.9 Å². The molecule has 3 N–H and O–H groups in total. The van der Waals surface area contributed by atoms with Crippen LogP contribution in [0.25, 0.3) is 0 Å². The molecule has 0 fully saturated rings. The highest BCUT2D eigenvalue weighted by Crippen LogP contribution is 2.35. The van der Waals surface area contributed by atoms with Gasteiger partial charge in [-0.25, -0.2) is 14.9 Å². The number of halogens is 4. The summed E-state index contributed by atoms with van der Waals surface area (Å²) < 4.78 is 58.4. The van der Waals surface area contributed by atoms with E-state index in [1.165, 1.54) is 20.2 Å². The number of alkyl halides is 3. The average molecular weight is 465 g/mol. The number of hydrogen-bond donors (Lipinski definition) is 3. The second-order valence-corrected chi connectivity index (χ2v) is 6.63. The number of hydrogen-bond acceptors (Lipinski definition) is 7. The Balaban J connectivity index is 1.71. The van der Waals surface area contributed by atoms with Gasteiger partial charge in [0.25, 0.3) is 5.91 Å². The lowest BCUT2D eigenvalue weighted by atomic mass is 10.1. The first-order valence-electron chi connectivity index (χ1n) is 9.44. The molecule has 3 rings (SSSR count). The van der Waals surface area contributed by atoms with E-state index in [9.17, 15) is 22.4 Å². The molecule has 174 valence electrons. The summed E-state index contributed by atoms with van der Waals surface area (Å²) in [4.78, 5) is 24.6. The zero-order chi connectivity index (χ0) is 24.0. The minimum Gasteiger partial charge on any atom is -0.497 e. The van der Waals surface area contributed by atoms with Crippen LogP contribution >= 0.6 is 0 Å². The van der Waals surface area contributed by atoms with Crippen molar-refractivity contribution >= 4 is 23.4 Å². The smallest absolute Gasteiger partial charge is 0.416 e. The van der Waals surface area contributed by atoms with Gasteiger partial charge in [0.1, 0.15) is 5.75 Å². The van der Waals surface area contributed by atoms with Crippen molar-refractivity contribution in [1.82, 2.24) is 15.3 Å². The number of carbonyl (C=O) groups excluding carboxylic acids is 1. The van der Waals surface area contributed by atoms with Gasteiger partial charge in [0.05, 0.1) is 25.5 Å². The fourth-order valence-corrected chi connectivity index (χ4v) is 2.72. The highest BCUT2D eigenvalue weighted by atomic mass is 19.4. The minimum absolute atomic E-state index is 0.0269. The first-order chi connectivity index (χ1) is 15.7. The molecule has 1 aromatic heterocycles. The van der Waals surface area contributed by atoms with Crippen LogP contribution in [0, 0.1) is 5.82 Å². The summed E-state index contributed by atoms with van der Waals surface area (Å²) >= 11 is 0. The number of carbonyl (C=O) groups is 1. The number of aromatic nitrogens is 2. The Morgan fingerprint density at radius 3 is 2.64 bits per heavy atom. The second kappa shape index (κ2) is 10.1. The molecule has 0 aliphatic carbocycles. The molecule has 8 nitrogen and oxygen atoms in total. The van der Waals surface area contributed by atoms with E-state index in [-0.39, 0.29) is 35.7 Å². The van der Waals surface area contributed by atoms with E-state index in [1.54, 1.807) is 24.3 Å². The zero-order valence-electron chi connectivity index (χ0n) is 17.5. The lowest BCUT2D eigenvalue weighted by Gasteiger charge is -2.13. The molecule has 0 saturated heterocycles. The van der Waals surface area contributed by atoms with Gasteiger partial charge in [-0.3, -0.25) is 9.63 Å². The molecule has 0 saturated carbocycles. The molecule has 1 heterocycles. The van der Waals surface area contributed by atoms with Gasteiger partial charge < -0.3 is 15.4 Å². The first kappa shape index (κ1) is 23.7. The summed E-state index contributed by atoms with van der Waals surface area (Å²) in [6, 6.07) is 9.56. The fourth-order valence-electron chi connectivity index (χ4n) is 2.72. The van der Waals surface area contributed by atoms with Gasteiger partial charge in [-0.2, -0.15) is 18.2 Å². The molecular weight excluding hydrogens is 446 g/mol. The minimum atomic E-state index is -4.62. The van der Waals surface area contributed by atoms with Gasteiger partial charge in [-0.05, 0) is 29.8 Å². The predicted octanol–water partition coefficient (Wildman–Crippen LogP) is 4.29. The maximum Gasteiger partial charge on any atom is 0.416 e. The molecule has 0 aliphatic rings. The average Bonchev–Trinajstić information content (AvgIpc) is 2.80. The lowest BCUT2D eigenvalue weighted by molar-refractivity contribution is -0.137. The van der Waals surface area contributed by atoms with Crippen molar-refractivity contribution in [1.29, 1.82) is 0 Å². The van der Waals surface area contributed by atoms with Gasteiger partial charge >= 0.3 is 6.18 Å². The Morgan fingerprint density at radius 1 is 1.15 bits per heavy atom. The number of nitrogens with zero attached hydrogens (tertiary/aromatic N) is 2. The molecule has 0 bridgehead atoms. The predicted molar refractivity (Wildman–Crippen MR) is 112 cm³/mol. The number of benzene rings is 2. The third kappa shape index (κ3) is 6.29. The lowest BCUT2D eigenvalue weighted by Crippen LogP contribution is -2.17. The van der Waals surface area contributed by atoms with Gasteiger partial charge in [-0.15, -0.1) is 0 Å². The van der Waals surface area contributed by atoms with Gasteiger partial charge in [0.2, 0.25) is 5.95 Å². The molecule has 0 unspecified atom stereocenters. The van der Waals surface area contributed by atoms with Crippen molar-refractivity contribution in [3.8, 4) is 5.75 Å². The Kier molecular flexibility index (Phi) is 7.28. The van der Waals surface area contributed by atoms with E-state index in [2.05, 4.69) is 26.1 Å². The molecule has 1 amide bonds. The number of rotatable bonds is 8. The van der Waals surface area contributed by atoms with E-state index in [4.69, 9.17) is 9.57 Å². The number of ether oxygens (including phenoxy) is 1. The number of amides is 1. The van der Waals surface area contributed by atoms with Crippen LogP contribution in [0.4, 0.5) is 35.0 Å². The van der Waals surface area contributed by atoms with E-state index in [0.717, 1.165) is 18.3 Å². The third-order valence-corrected chi connectivity index (χ3v) is 4.29. The van der Waals surface area contributed by atoms with E-state index >= 15 is 0 Å². The van der Waals surface area contributed by atoms with E-state index in [0.29, 0.717) is 11.1 Å². The van der Waals surface area contributed by atoms with Crippen LogP contribution in [-0.2, 0) is 17.6 Å². The van der Waals surface area contributed by atoms with Crippen LogP contribution in [0.2, 0.25) is 0 Å². The molecule has 2 aromatic carbocycles. The summed E-state index contributed by atoms with van der Waals surface area (Å²) in [5.41, 5.74) is 2.49. The van der Waals surface area contributed by atoms with Gasteiger partial charge in [0.15, 0.2) is 11.6 Å². The molecule has 33 heavy (non-hydrogen) atoms. The maximum atomic E-state index is 14.2. The molecule has 0 spiro atoms. The Morgan fingerprint density at radius 2 is 1.94 bits per heavy atom.